The summed E-state index contributed by atoms with van der Waals surface area (Å²) in [5.74, 6) is -1.36. The molecule has 12 heteroatoms. The van der Waals surface area contributed by atoms with Crippen LogP contribution in [0.5, 0.6) is 0 Å². The van der Waals surface area contributed by atoms with Gasteiger partial charge in [-0.15, -0.1) is 12.4 Å². The zero-order chi connectivity index (χ0) is 26.3. The number of halogens is 1. The Morgan fingerprint density at radius 1 is 1.14 bits per heavy atom. The topological polar surface area (TPSA) is 180 Å². The van der Waals surface area contributed by atoms with E-state index in [9.17, 15) is 24.3 Å². The van der Waals surface area contributed by atoms with Crippen LogP contribution < -0.4 is 27.4 Å². The summed E-state index contributed by atoms with van der Waals surface area (Å²) in [6, 6.07) is -3.11. The lowest BCUT2D eigenvalue weighted by Crippen LogP contribution is -2.61. The maximum atomic E-state index is 13.5. The number of rotatable bonds is 9. The van der Waals surface area contributed by atoms with Gasteiger partial charge in [-0.05, 0) is 50.4 Å². The first-order chi connectivity index (χ1) is 16.2. The lowest BCUT2D eigenvalue weighted by atomic mass is 9.79. The smallest absolute Gasteiger partial charge is 0.315 e. The van der Waals surface area contributed by atoms with Crippen molar-refractivity contribution in [1.29, 1.82) is 0 Å². The van der Waals surface area contributed by atoms with Gasteiger partial charge in [-0.3, -0.25) is 14.4 Å². The van der Waals surface area contributed by atoms with Crippen molar-refractivity contribution in [2.75, 3.05) is 13.1 Å². The maximum absolute atomic E-state index is 13.5. The number of hydrogen-bond donors (Lipinski definition) is 6. The molecule has 3 rings (SSSR count). The average Bonchev–Trinajstić information content (AvgIpc) is 3.06. The fraction of sp³-hybridized carbons (Fsp3) is 0.833. The lowest BCUT2D eigenvalue weighted by molar-refractivity contribution is -0.142. The summed E-state index contributed by atoms with van der Waals surface area (Å²) < 4.78 is 0. The fourth-order valence-corrected chi connectivity index (χ4v) is 5.59. The predicted molar refractivity (Wildman–Crippen MR) is 137 cm³/mol. The van der Waals surface area contributed by atoms with E-state index < -0.39 is 53.5 Å². The zero-order valence-electron chi connectivity index (χ0n) is 21.9. The number of urea groups is 1. The van der Waals surface area contributed by atoms with E-state index in [0.29, 0.717) is 18.9 Å². The molecule has 1 heterocycles. The van der Waals surface area contributed by atoms with Gasteiger partial charge in [0.25, 0.3) is 0 Å². The number of nitrogens with one attached hydrogen (secondary N) is 3. The molecule has 8 N–H and O–H groups in total. The van der Waals surface area contributed by atoms with Crippen LogP contribution in [-0.2, 0) is 14.4 Å². The first-order valence-corrected chi connectivity index (χ1v) is 12.5. The number of nitrogens with zero attached hydrogens (tertiary/aromatic N) is 1. The van der Waals surface area contributed by atoms with Crippen molar-refractivity contribution in [2.45, 2.75) is 90.1 Å². The molecule has 0 spiro atoms. The van der Waals surface area contributed by atoms with Crippen LogP contribution in [0.4, 0.5) is 4.79 Å². The minimum absolute atomic E-state index is 0. The third-order valence-electron chi connectivity index (χ3n) is 7.90. The minimum atomic E-state index is -1.51. The Morgan fingerprint density at radius 3 is 2.22 bits per heavy atom. The summed E-state index contributed by atoms with van der Waals surface area (Å²) in [5, 5.41) is 18.6. The Morgan fingerprint density at radius 2 is 1.75 bits per heavy atom. The summed E-state index contributed by atoms with van der Waals surface area (Å²) in [4.78, 5) is 52.5. The summed E-state index contributed by atoms with van der Waals surface area (Å²) in [6.07, 6.45) is 1.98. The summed E-state index contributed by atoms with van der Waals surface area (Å²) in [7, 11) is 0. The summed E-state index contributed by atoms with van der Waals surface area (Å²) >= 11 is 0. The number of carbonyl (C=O) groups is 4. The van der Waals surface area contributed by atoms with Gasteiger partial charge in [0, 0.05) is 18.6 Å². The van der Waals surface area contributed by atoms with E-state index in [0.717, 1.165) is 19.3 Å². The second-order valence-electron chi connectivity index (χ2n) is 12.0. The van der Waals surface area contributed by atoms with E-state index in [1.54, 1.807) is 0 Å². The fourth-order valence-electron chi connectivity index (χ4n) is 5.59. The van der Waals surface area contributed by atoms with Gasteiger partial charge in [-0.25, -0.2) is 4.79 Å². The molecule has 5 amide bonds. The van der Waals surface area contributed by atoms with Gasteiger partial charge >= 0.3 is 6.03 Å². The molecule has 0 aromatic heterocycles. The van der Waals surface area contributed by atoms with Crippen LogP contribution in [0.15, 0.2) is 0 Å². The van der Waals surface area contributed by atoms with Crippen LogP contribution in [0.3, 0.4) is 0 Å². The molecule has 0 radical (unpaired) electrons. The Kier molecular flexibility index (Phi) is 9.29. The van der Waals surface area contributed by atoms with Gasteiger partial charge < -0.3 is 37.4 Å². The number of aliphatic hydroxyl groups is 1. The molecular formula is C24H43ClN6O5. The quantitative estimate of drug-likeness (QED) is 0.241. The van der Waals surface area contributed by atoms with Crippen molar-refractivity contribution >= 4 is 36.2 Å². The van der Waals surface area contributed by atoms with Gasteiger partial charge in [-0.2, -0.15) is 0 Å². The molecule has 36 heavy (non-hydrogen) atoms. The van der Waals surface area contributed by atoms with Crippen molar-refractivity contribution in [1.82, 2.24) is 20.9 Å². The molecule has 1 aliphatic heterocycles. The van der Waals surface area contributed by atoms with Crippen molar-refractivity contribution in [3.8, 4) is 0 Å². The lowest BCUT2D eigenvalue weighted by Gasteiger charge is -2.36. The first-order valence-electron chi connectivity index (χ1n) is 12.5. The Balaban J connectivity index is 0.00000456. The third-order valence-corrected chi connectivity index (χ3v) is 7.90. The van der Waals surface area contributed by atoms with Crippen LogP contribution in [-0.4, -0.2) is 76.6 Å². The molecule has 11 nitrogen and oxygen atoms in total. The van der Waals surface area contributed by atoms with E-state index in [1.165, 1.54) is 4.90 Å². The number of carbonyl (C=O) groups excluding carboxylic acids is 4. The van der Waals surface area contributed by atoms with Gasteiger partial charge in [0.2, 0.25) is 17.7 Å². The Bertz CT molecular complexity index is 858. The monoisotopic (exact) mass is 530 g/mol. The second-order valence-corrected chi connectivity index (χ2v) is 12.0. The highest BCUT2D eigenvalue weighted by atomic mass is 35.5. The highest BCUT2D eigenvalue weighted by Crippen LogP contribution is 2.64. The van der Waals surface area contributed by atoms with Crippen molar-refractivity contribution in [3.63, 3.8) is 0 Å². The maximum Gasteiger partial charge on any atom is 0.315 e. The molecule has 0 aromatic rings. The van der Waals surface area contributed by atoms with E-state index in [4.69, 9.17) is 11.5 Å². The van der Waals surface area contributed by atoms with Gasteiger partial charge in [-0.1, -0.05) is 33.1 Å². The molecule has 3 unspecified atom stereocenters. The summed E-state index contributed by atoms with van der Waals surface area (Å²) in [6.45, 7) is 9.84. The number of fused-ring (bicyclic) bond motifs is 1. The van der Waals surface area contributed by atoms with Crippen molar-refractivity contribution in [2.24, 2.45) is 34.6 Å². The van der Waals surface area contributed by atoms with Crippen LogP contribution in [0.25, 0.3) is 0 Å². The number of hydrogen-bond acceptors (Lipinski definition) is 6. The Hall–Kier alpha value is -2.11. The number of nitrogens with two attached hydrogens (primary N) is 2. The SMILES string of the molecule is CC(C)(C)NC(=O)N[C@@H](CN)C(=O)N1CC2[C@@H]([C@H]1C(=O)NC(CC1CCC1)C(O)C(N)=O)C2(C)C.Cl. The normalized spacial score (nSPS) is 26.9. The van der Waals surface area contributed by atoms with E-state index in [2.05, 4.69) is 29.8 Å². The minimum Gasteiger partial charge on any atom is -0.381 e. The van der Waals surface area contributed by atoms with Crippen LogP contribution in [0.2, 0.25) is 0 Å². The number of likely N-dealkylation sites (tertiary alicyclic amines) is 1. The molecule has 2 aliphatic carbocycles. The molecule has 1 saturated heterocycles. The largest absolute Gasteiger partial charge is 0.381 e. The van der Waals surface area contributed by atoms with Crippen molar-refractivity contribution in [3.05, 3.63) is 0 Å². The van der Waals surface area contributed by atoms with Gasteiger partial charge in [0.1, 0.15) is 12.1 Å². The molecule has 2 saturated carbocycles. The molecule has 6 atom stereocenters. The number of amides is 5. The molecule has 3 aliphatic rings. The standard InChI is InChI=1S/C24H42N6O5.ClH/c1-23(2,3)29-22(35)28-15(10-25)21(34)30-11-13-16(24(13,4)5)17(30)20(33)27-14(18(31)19(26)32)9-12-7-6-8-12;/h12-18,31H,6-11,25H2,1-5H3,(H2,26,32)(H,27,33)(H2,28,29,35);1H/t13?,14?,15-,16-,17-,18?;/m0./s1. The van der Waals surface area contributed by atoms with E-state index in [1.807, 2.05) is 20.8 Å². The van der Waals surface area contributed by atoms with Crippen LogP contribution in [0, 0.1) is 23.2 Å². The average molecular weight is 531 g/mol. The highest BCUT2D eigenvalue weighted by molar-refractivity contribution is 5.94. The second kappa shape index (κ2) is 11.1. The molecule has 3 fully saturated rings. The third kappa shape index (κ3) is 6.41. The van der Waals surface area contributed by atoms with Crippen LogP contribution in [0.1, 0.15) is 60.3 Å². The first kappa shape index (κ1) is 30.1. The number of primary amides is 1. The number of aliphatic hydroxyl groups excluding tert-OH is 1. The highest BCUT2D eigenvalue weighted by Gasteiger charge is 2.69. The molecule has 206 valence electrons. The van der Waals surface area contributed by atoms with Crippen molar-refractivity contribution < 1.29 is 24.3 Å². The number of piperidine rings is 1. The molecule has 0 bridgehead atoms. The van der Waals surface area contributed by atoms with E-state index >= 15 is 0 Å². The predicted octanol–water partition coefficient (Wildman–Crippen LogP) is -0.163. The Labute approximate surface area is 219 Å². The molecular weight excluding hydrogens is 488 g/mol. The van der Waals surface area contributed by atoms with Crippen LogP contribution >= 0.6 is 12.4 Å². The molecule has 0 aromatic carbocycles. The van der Waals surface area contributed by atoms with E-state index in [-0.39, 0.29) is 36.2 Å². The van der Waals surface area contributed by atoms with Gasteiger partial charge in [0.15, 0.2) is 6.10 Å². The van der Waals surface area contributed by atoms with Gasteiger partial charge in [0.05, 0.1) is 6.04 Å². The summed E-state index contributed by atoms with van der Waals surface area (Å²) in [5.41, 5.74) is 10.5. The zero-order valence-corrected chi connectivity index (χ0v) is 22.7.